The summed E-state index contributed by atoms with van der Waals surface area (Å²) in [5, 5.41) is 5.35. The molecule has 0 spiro atoms. The van der Waals surface area contributed by atoms with Gasteiger partial charge >= 0.3 is 0 Å². The van der Waals surface area contributed by atoms with E-state index in [1.54, 1.807) is 18.4 Å². The Labute approximate surface area is 112 Å². The second-order valence-electron chi connectivity index (χ2n) is 4.32. The molecule has 0 saturated heterocycles. The summed E-state index contributed by atoms with van der Waals surface area (Å²) < 4.78 is 5.34. The molecule has 1 N–H and O–H groups in total. The fraction of sp³-hybridized carbons (Fsp3) is 0.357. The Morgan fingerprint density at radius 2 is 1.89 bits per heavy atom. The lowest BCUT2D eigenvalue weighted by molar-refractivity contribution is 0.411. The van der Waals surface area contributed by atoms with Gasteiger partial charge < -0.3 is 10.1 Å². The van der Waals surface area contributed by atoms with Crippen LogP contribution in [0.1, 0.15) is 16.8 Å². The highest BCUT2D eigenvalue weighted by molar-refractivity contribution is 7.19. The highest BCUT2D eigenvalue weighted by Gasteiger charge is 2.12. The van der Waals surface area contributed by atoms with Gasteiger partial charge in [0.1, 0.15) is 15.8 Å². The maximum absolute atomic E-state index is 5.34. The number of nitrogens with zero attached hydrogens (tertiary/aromatic N) is 1. The molecule has 1 aromatic heterocycles. The number of nitrogens with one attached hydrogen (secondary N) is 1. The fourth-order valence-electron chi connectivity index (χ4n) is 1.98. The molecular formula is C14H18N2OS. The van der Waals surface area contributed by atoms with Crippen molar-refractivity contribution in [2.24, 2.45) is 0 Å². The molecule has 0 aliphatic carbocycles. The fourth-order valence-corrected chi connectivity index (χ4v) is 2.98. The molecule has 0 bridgehead atoms. The lowest BCUT2D eigenvalue weighted by atomic mass is 10.1. The van der Waals surface area contributed by atoms with E-state index in [4.69, 9.17) is 4.74 Å². The van der Waals surface area contributed by atoms with Gasteiger partial charge in [-0.15, -0.1) is 0 Å². The minimum atomic E-state index is 0.929. The van der Waals surface area contributed by atoms with Gasteiger partial charge in [0.05, 0.1) is 12.8 Å². The van der Waals surface area contributed by atoms with Crippen molar-refractivity contribution in [2.75, 3.05) is 19.5 Å². The smallest absolute Gasteiger partial charge is 0.125 e. The molecular weight excluding hydrogens is 244 g/mol. The van der Waals surface area contributed by atoms with Crippen LogP contribution in [0.25, 0.3) is 10.6 Å². The van der Waals surface area contributed by atoms with Crippen molar-refractivity contribution in [1.82, 2.24) is 4.98 Å². The second-order valence-corrected chi connectivity index (χ2v) is 5.32. The molecule has 0 atom stereocenters. The minimum Gasteiger partial charge on any atom is -0.496 e. The van der Waals surface area contributed by atoms with E-state index >= 15 is 0 Å². The number of ether oxygens (including phenoxy) is 1. The van der Waals surface area contributed by atoms with Crippen molar-refractivity contribution in [2.45, 2.75) is 20.8 Å². The van der Waals surface area contributed by atoms with E-state index < -0.39 is 0 Å². The van der Waals surface area contributed by atoms with E-state index in [1.807, 2.05) is 14.0 Å². The number of thiazole rings is 1. The summed E-state index contributed by atoms with van der Waals surface area (Å²) in [6.07, 6.45) is 0. The van der Waals surface area contributed by atoms with E-state index in [-0.39, 0.29) is 0 Å². The number of rotatable bonds is 3. The Balaban J connectivity index is 2.53. The number of methoxy groups -OCH3 is 1. The first kappa shape index (κ1) is 12.9. The largest absolute Gasteiger partial charge is 0.496 e. The van der Waals surface area contributed by atoms with Crippen molar-refractivity contribution < 1.29 is 4.74 Å². The minimum absolute atomic E-state index is 0.929. The van der Waals surface area contributed by atoms with Crippen LogP contribution in [0.5, 0.6) is 5.75 Å². The SMILES string of the molecule is CNc1sc(-c2cc(C)c(OC)cc2C)nc1C. The maximum Gasteiger partial charge on any atom is 0.125 e. The van der Waals surface area contributed by atoms with Crippen molar-refractivity contribution in [3.63, 3.8) is 0 Å². The first-order valence-corrected chi connectivity index (χ1v) is 6.69. The lowest BCUT2D eigenvalue weighted by Crippen LogP contribution is -1.91. The van der Waals surface area contributed by atoms with Gasteiger partial charge in [0.25, 0.3) is 0 Å². The predicted octanol–water partition coefficient (Wildman–Crippen LogP) is 3.79. The first-order valence-electron chi connectivity index (χ1n) is 5.87. The monoisotopic (exact) mass is 262 g/mol. The molecule has 96 valence electrons. The van der Waals surface area contributed by atoms with E-state index in [1.165, 1.54) is 11.1 Å². The summed E-state index contributed by atoms with van der Waals surface area (Å²) in [5.74, 6) is 0.929. The van der Waals surface area contributed by atoms with Crippen LogP contribution in [0, 0.1) is 20.8 Å². The van der Waals surface area contributed by atoms with Gasteiger partial charge in [-0.05, 0) is 44.0 Å². The summed E-state index contributed by atoms with van der Waals surface area (Å²) in [5.41, 5.74) is 4.55. The molecule has 2 rings (SSSR count). The summed E-state index contributed by atoms with van der Waals surface area (Å²) in [6.45, 7) is 6.17. The molecule has 0 fully saturated rings. The average molecular weight is 262 g/mol. The first-order chi connectivity index (χ1) is 8.56. The Kier molecular flexibility index (Phi) is 3.57. The summed E-state index contributed by atoms with van der Waals surface area (Å²) >= 11 is 1.69. The predicted molar refractivity (Wildman–Crippen MR) is 77.9 cm³/mol. The third-order valence-corrected chi connectivity index (χ3v) is 4.20. The molecule has 0 radical (unpaired) electrons. The molecule has 4 heteroatoms. The van der Waals surface area contributed by atoms with Crippen LogP contribution < -0.4 is 10.1 Å². The van der Waals surface area contributed by atoms with Crippen molar-refractivity contribution >= 4 is 16.3 Å². The number of hydrogen-bond donors (Lipinski definition) is 1. The van der Waals surface area contributed by atoms with Crippen LogP contribution in [0.4, 0.5) is 5.00 Å². The van der Waals surface area contributed by atoms with Gasteiger partial charge in [-0.2, -0.15) is 0 Å². The normalized spacial score (nSPS) is 10.5. The molecule has 0 amide bonds. The van der Waals surface area contributed by atoms with Gasteiger partial charge in [0.15, 0.2) is 0 Å². The summed E-state index contributed by atoms with van der Waals surface area (Å²) in [4.78, 5) is 4.62. The Morgan fingerprint density at radius 1 is 1.17 bits per heavy atom. The van der Waals surface area contributed by atoms with Crippen LogP contribution >= 0.6 is 11.3 Å². The summed E-state index contributed by atoms with van der Waals surface area (Å²) in [7, 11) is 3.63. The van der Waals surface area contributed by atoms with Gasteiger partial charge in [-0.25, -0.2) is 4.98 Å². The van der Waals surface area contributed by atoms with Crippen LogP contribution in [-0.2, 0) is 0 Å². The van der Waals surface area contributed by atoms with E-state index in [0.29, 0.717) is 0 Å². The number of benzene rings is 1. The van der Waals surface area contributed by atoms with E-state index in [9.17, 15) is 0 Å². The average Bonchev–Trinajstić information content (AvgIpc) is 2.72. The molecule has 0 aliphatic rings. The number of aryl methyl sites for hydroxylation is 3. The second kappa shape index (κ2) is 4.98. The maximum atomic E-state index is 5.34. The molecule has 0 saturated carbocycles. The Hall–Kier alpha value is -1.55. The molecule has 1 aromatic carbocycles. The van der Waals surface area contributed by atoms with Crippen LogP contribution in [0.15, 0.2) is 12.1 Å². The molecule has 1 heterocycles. The third-order valence-electron chi connectivity index (χ3n) is 3.00. The lowest BCUT2D eigenvalue weighted by Gasteiger charge is -2.09. The zero-order valence-electron chi connectivity index (χ0n) is 11.4. The van der Waals surface area contributed by atoms with Crippen LogP contribution in [0.2, 0.25) is 0 Å². The van der Waals surface area contributed by atoms with Crippen molar-refractivity contribution in [1.29, 1.82) is 0 Å². The molecule has 3 nitrogen and oxygen atoms in total. The van der Waals surface area contributed by atoms with E-state index in [2.05, 4.69) is 36.3 Å². The molecule has 0 unspecified atom stereocenters. The molecule has 18 heavy (non-hydrogen) atoms. The standard InChI is InChI=1S/C14H18N2OS/c1-8-7-12(17-5)9(2)6-11(8)14-16-10(3)13(15-4)18-14/h6-7,15H,1-5H3. The van der Waals surface area contributed by atoms with Gasteiger partial charge in [0, 0.05) is 12.6 Å². The number of anilines is 1. The third kappa shape index (κ3) is 2.20. The zero-order chi connectivity index (χ0) is 13.3. The van der Waals surface area contributed by atoms with E-state index in [0.717, 1.165) is 27.0 Å². The summed E-state index contributed by atoms with van der Waals surface area (Å²) in [6, 6.07) is 4.21. The van der Waals surface area contributed by atoms with Gasteiger partial charge in [-0.1, -0.05) is 11.3 Å². The quantitative estimate of drug-likeness (QED) is 0.914. The van der Waals surface area contributed by atoms with Crippen molar-refractivity contribution in [3.05, 3.63) is 29.0 Å². The molecule has 0 aliphatic heterocycles. The van der Waals surface area contributed by atoms with Gasteiger partial charge in [-0.3, -0.25) is 0 Å². The van der Waals surface area contributed by atoms with Crippen LogP contribution in [0.3, 0.4) is 0 Å². The molecule has 2 aromatic rings. The Bertz CT molecular complexity index is 575. The van der Waals surface area contributed by atoms with Gasteiger partial charge in [0.2, 0.25) is 0 Å². The Morgan fingerprint density at radius 3 is 2.44 bits per heavy atom. The van der Waals surface area contributed by atoms with Crippen molar-refractivity contribution in [3.8, 4) is 16.3 Å². The van der Waals surface area contributed by atoms with Crippen LogP contribution in [-0.4, -0.2) is 19.1 Å². The number of hydrogen-bond acceptors (Lipinski definition) is 4. The topological polar surface area (TPSA) is 34.1 Å². The highest BCUT2D eigenvalue weighted by atomic mass is 32.1. The highest BCUT2D eigenvalue weighted by Crippen LogP contribution is 2.35. The zero-order valence-corrected chi connectivity index (χ0v) is 12.2. The number of aromatic nitrogens is 1.